The Kier molecular flexibility index (Phi) is 2.82. The molecule has 4 aromatic rings. The van der Waals surface area contributed by atoms with Gasteiger partial charge in [0.15, 0.2) is 0 Å². The summed E-state index contributed by atoms with van der Waals surface area (Å²) in [4.78, 5) is 0.0137. The molecule has 0 saturated heterocycles. The van der Waals surface area contributed by atoms with Crippen LogP contribution in [0.25, 0.3) is 32.3 Å². The summed E-state index contributed by atoms with van der Waals surface area (Å²) < 4.78 is 28.6. The maximum absolute atomic E-state index is 12.1. The number of hydrogen-bond acceptors (Lipinski definition) is 5. The van der Waals surface area contributed by atoms with Crippen LogP contribution in [0, 0.1) is 0 Å². The van der Waals surface area contributed by atoms with Gasteiger partial charge < -0.3 is 0 Å². The molecule has 0 saturated carbocycles. The maximum Gasteiger partial charge on any atom is 0.315 e. The molecular formula is C16H11NO4S. The fraction of sp³-hybridized carbons (Fsp3) is 0. The summed E-state index contributed by atoms with van der Waals surface area (Å²) in [6, 6.07) is 16.8. The third kappa shape index (κ3) is 1.79. The fourth-order valence-electron chi connectivity index (χ4n) is 3.02. The van der Waals surface area contributed by atoms with E-state index in [9.17, 15) is 8.42 Å². The molecule has 6 heteroatoms. The molecule has 0 unspecified atom stereocenters. The molecule has 0 aliphatic carbocycles. The van der Waals surface area contributed by atoms with Gasteiger partial charge in [0.05, 0.1) is 0 Å². The lowest BCUT2D eigenvalue weighted by molar-refractivity contribution is -0.0379. The van der Waals surface area contributed by atoms with Crippen molar-refractivity contribution in [3.05, 3.63) is 54.6 Å². The summed E-state index contributed by atoms with van der Waals surface area (Å²) in [7, 11) is -4.10. The fourth-order valence-corrected chi connectivity index (χ4v) is 3.88. The van der Waals surface area contributed by atoms with Gasteiger partial charge in [0.1, 0.15) is 4.90 Å². The van der Waals surface area contributed by atoms with Crippen molar-refractivity contribution in [2.45, 2.75) is 4.90 Å². The highest BCUT2D eigenvalue weighted by Crippen LogP contribution is 2.37. The minimum atomic E-state index is -4.10. The normalized spacial score (nSPS) is 12.6. The molecule has 5 nitrogen and oxygen atoms in total. The van der Waals surface area contributed by atoms with Crippen molar-refractivity contribution in [1.82, 2.24) is 5.64 Å². The van der Waals surface area contributed by atoms with Gasteiger partial charge >= 0.3 is 10.1 Å². The third-order valence-corrected chi connectivity index (χ3v) is 5.09. The molecule has 0 fully saturated rings. The first kappa shape index (κ1) is 13.4. The van der Waals surface area contributed by atoms with Crippen LogP contribution in [0.15, 0.2) is 59.5 Å². The van der Waals surface area contributed by atoms with Crippen LogP contribution in [-0.2, 0) is 14.4 Å². The van der Waals surface area contributed by atoms with Crippen LogP contribution in [0.4, 0.5) is 0 Å². The van der Waals surface area contributed by atoms with Crippen molar-refractivity contribution in [3.8, 4) is 0 Å². The maximum atomic E-state index is 12.1. The third-order valence-electron chi connectivity index (χ3n) is 3.90. The molecular weight excluding hydrogens is 302 g/mol. The number of hydrogen-bond donors (Lipinski definition) is 2. The van der Waals surface area contributed by atoms with Gasteiger partial charge in [-0.3, -0.25) is 5.21 Å². The van der Waals surface area contributed by atoms with Gasteiger partial charge in [-0.15, -0.1) is 4.28 Å². The zero-order valence-electron chi connectivity index (χ0n) is 11.3. The number of rotatable bonds is 3. The molecule has 0 aliphatic heterocycles. The summed E-state index contributed by atoms with van der Waals surface area (Å²) in [5.74, 6) is 0. The highest BCUT2D eigenvalue weighted by molar-refractivity contribution is 7.87. The topological polar surface area (TPSA) is 75.6 Å². The van der Waals surface area contributed by atoms with E-state index in [2.05, 4.69) is 4.28 Å². The lowest BCUT2D eigenvalue weighted by atomic mass is 9.94. The molecule has 0 bridgehead atoms. The van der Waals surface area contributed by atoms with Crippen LogP contribution >= 0.6 is 0 Å². The lowest BCUT2D eigenvalue weighted by Crippen LogP contribution is -2.16. The van der Waals surface area contributed by atoms with E-state index in [4.69, 9.17) is 5.21 Å². The van der Waals surface area contributed by atoms with Crippen molar-refractivity contribution >= 4 is 42.4 Å². The average Bonchev–Trinajstić information content (AvgIpc) is 2.52. The Morgan fingerprint density at radius 3 is 2.09 bits per heavy atom. The molecule has 4 aromatic carbocycles. The van der Waals surface area contributed by atoms with Gasteiger partial charge in [-0.2, -0.15) is 8.42 Å². The molecule has 0 spiro atoms. The molecule has 22 heavy (non-hydrogen) atoms. The molecule has 0 amide bonds. The molecule has 0 radical (unpaired) electrons. The molecule has 0 heterocycles. The second-order valence-corrected chi connectivity index (χ2v) is 6.56. The predicted molar refractivity (Wildman–Crippen MR) is 83.3 cm³/mol. The Bertz CT molecular complexity index is 1090. The zero-order valence-corrected chi connectivity index (χ0v) is 12.1. The van der Waals surface area contributed by atoms with Gasteiger partial charge in [0.2, 0.25) is 0 Å². The van der Waals surface area contributed by atoms with Crippen molar-refractivity contribution < 1.29 is 17.9 Å². The highest BCUT2D eigenvalue weighted by Gasteiger charge is 2.21. The number of benzene rings is 4. The first-order valence-electron chi connectivity index (χ1n) is 6.61. The second kappa shape index (κ2) is 4.62. The Balaban J connectivity index is 2.22. The van der Waals surface area contributed by atoms with E-state index in [-0.39, 0.29) is 4.90 Å². The van der Waals surface area contributed by atoms with Crippen LogP contribution < -0.4 is 5.64 Å². The van der Waals surface area contributed by atoms with Gasteiger partial charge in [-0.1, -0.05) is 54.2 Å². The smallest absolute Gasteiger partial charge is 0.291 e. The monoisotopic (exact) mass is 313 g/mol. The Hall–Kier alpha value is -2.25. The van der Waals surface area contributed by atoms with Gasteiger partial charge in [0.25, 0.3) is 0 Å². The second-order valence-electron chi connectivity index (χ2n) is 5.05. The predicted octanol–water partition coefficient (Wildman–Crippen LogP) is 3.18. The van der Waals surface area contributed by atoms with E-state index in [1.165, 1.54) is 11.7 Å². The van der Waals surface area contributed by atoms with E-state index in [1.54, 1.807) is 12.1 Å². The Morgan fingerprint density at radius 2 is 1.41 bits per heavy atom. The van der Waals surface area contributed by atoms with E-state index >= 15 is 0 Å². The van der Waals surface area contributed by atoms with Crippen molar-refractivity contribution in [1.29, 1.82) is 0 Å². The van der Waals surface area contributed by atoms with Crippen LogP contribution in [0.2, 0.25) is 0 Å². The highest BCUT2D eigenvalue weighted by atomic mass is 32.2. The molecule has 0 aliphatic rings. The summed E-state index contributed by atoms with van der Waals surface area (Å²) >= 11 is 0. The van der Waals surface area contributed by atoms with E-state index in [1.807, 2.05) is 36.4 Å². The van der Waals surface area contributed by atoms with Crippen LogP contribution in [0.5, 0.6) is 0 Å². The van der Waals surface area contributed by atoms with Crippen molar-refractivity contribution in [3.63, 3.8) is 0 Å². The van der Waals surface area contributed by atoms with Crippen molar-refractivity contribution in [2.24, 2.45) is 0 Å². The summed E-state index contributed by atoms with van der Waals surface area (Å²) in [6.07, 6.45) is 0. The van der Waals surface area contributed by atoms with E-state index in [0.717, 1.165) is 26.9 Å². The lowest BCUT2D eigenvalue weighted by Gasteiger charge is -2.13. The van der Waals surface area contributed by atoms with Gasteiger partial charge in [-0.05, 0) is 33.0 Å². The van der Waals surface area contributed by atoms with Crippen LogP contribution in [0.3, 0.4) is 0 Å². The Morgan fingerprint density at radius 1 is 0.818 bits per heavy atom. The molecule has 110 valence electrons. The SMILES string of the molecule is O=S(=O)(ONO)c1ccc2ccc3cccc4ccc1c2c34. The van der Waals surface area contributed by atoms with Crippen molar-refractivity contribution in [2.75, 3.05) is 0 Å². The molecule has 0 aromatic heterocycles. The van der Waals surface area contributed by atoms with Gasteiger partial charge in [0, 0.05) is 5.39 Å². The molecule has 4 rings (SSSR count). The minimum absolute atomic E-state index is 0.0137. The molecule has 2 N–H and O–H groups in total. The quantitative estimate of drug-likeness (QED) is 0.449. The first-order chi connectivity index (χ1) is 10.6. The molecule has 0 atom stereocenters. The standard InChI is InChI=1S/C16H11NO4S/c18-17-21-22(19,20)14-9-7-12-5-4-10-2-1-3-11-6-8-13(14)16(12)15(10)11/h1-9,17-18H. The number of nitrogens with one attached hydrogen (secondary N) is 1. The van der Waals surface area contributed by atoms with E-state index < -0.39 is 10.1 Å². The summed E-state index contributed by atoms with van der Waals surface area (Å²) in [6.45, 7) is 0. The minimum Gasteiger partial charge on any atom is -0.291 e. The van der Waals surface area contributed by atoms with E-state index in [0.29, 0.717) is 5.39 Å². The van der Waals surface area contributed by atoms with Crippen LogP contribution in [0.1, 0.15) is 0 Å². The van der Waals surface area contributed by atoms with Gasteiger partial charge in [-0.25, -0.2) is 0 Å². The van der Waals surface area contributed by atoms with Crippen LogP contribution in [-0.4, -0.2) is 13.6 Å². The zero-order chi connectivity index (χ0) is 15.3. The summed E-state index contributed by atoms with van der Waals surface area (Å²) in [5, 5.41) is 14.1. The Labute approximate surface area is 126 Å². The first-order valence-corrected chi connectivity index (χ1v) is 8.02. The average molecular weight is 313 g/mol. The largest absolute Gasteiger partial charge is 0.315 e. The summed E-state index contributed by atoms with van der Waals surface area (Å²) in [5.41, 5.74) is 1.25.